The van der Waals surface area contributed by atoms with Gasteiger partial charge < -0.3 is 10.6 Å². The Labute approximate surface area is 92.0 Å². The second-order valence-corrected chi connectivity index (χ2v) is 5.17. The molecule has 0 radical (unpaired) electrons. The fourth-order valence-electron chi connectivity index (χ4n) is 3.10. The van der Waals surface area contributed by atoms with Gasteiger partial charge in [0.25, 0.3) is 0 Å². The van der Waals surface area contributed by atoms with Gasteiger partial charge in [0.05, 0.1) is 0 Å². The number of hydrogen-bond donors (Lipinski definition) is 1. The molecule has 1 amide bonds. The predicted molar refractivity (Wildman–Crippen MR) is 60.2 cm³/mol. The van der Waals surface area contributed by atoms with Crippen LogP contribution in [0.1, 0.15) is 32.1 Å². The Balaban J connectivity index is 1.95. The van der Waals surface area contributed by atoms with Crippen molar-refractivity contribution in [2.75, 3.05) is 20.1 Å². The van der Waals surface area contributed by atoms with Gasteiger partial charge in [-0.3, -0.25) is 4.79 Å². The Morgan fingerprint density at radius 2 is 2.20 bits per heavy atom. The van der Waals surface area contributed by atoms with Gasteiger partial charge in [-0.25, -0.2) is 0 Å². The summed E-state index contributed by atoms with van der Waals surface area (Å²) in [6, 6.07) is 0. The second-order valence-electron chi connectivity index (χ2n) is 5.17. The molecule has 86 valence electrons. The smallest absolute Gasteiger partial charge is 0.222 e. The Kier molecular flexibility index (Phi) is 3.29. The van der Waals surface area contributed by atoms with Crippen molar-refractivity contribution in [3.8, 4) is 0 Å². The molecule has 1 heterocycles. The fourth-order valence-corrected chi connectivity index (χ4v) is 3.10. The monoisotopic (exact) mass is 210 g/mol. The van der Waals surface area contributed by atoms with E-state index in [9.17, 15) is 4.79 Å². The highest BCUT2D eigenvalue weighted by molar-refractivity contribution is 5.78. The van der Waals surface area contributed by atoms with E-state index in [4.69, 9.17) is 5.73 Å². The number of hydrogen-bond acceptors (Lipinski definition) is 2. The average Bonchev–Trinajstić information content (AvgIpc) is 2.43. The fraction of sp³-hybridized carbons (Fsp3) is 0.917. The van der Waals surface area contributed by atoms with Crippen molar-refractivity contribution < 1.29 is 4.79 Å². The summed E-state index contributed by atoms with van der Waals surface area (Å²) in [4.78, 5) is 13.4. The van der Waals surface area contributed by atoms with Gasteiger partial charge in [-0.1, -0.05) is 19.3 Å². The van der Waals surface area contributed by atoms with E-state index in [2.05, 4.69) is 0 Å². The Morgan fingerprint density at radius 1 is 1.47 bits per heavy atom. The minimum atomic E-state index is 0.321. The minimum absolute atomic E-state index is 0.321. The lowest BCUT2D eigenvalue weighted by Crippen LogP contribution is -2.31. The molecule has 15 heavy (non-hydrogen) atoms. The minimum Gasteiger partial charge on any atom is -0.345 e. The maximum Gasteiger partial charge on any atom is 0.222 e. The number of carbonyl (C=O) groups is 1. The predicted octanol–water partition coefficient (Wildman–Crippen LogP) is 1.23. The summed E-state index contributed by atoms with van der Waals surface area (Å²) >= 11 is 0. The van der Waals surface area contributed by atoms with Gasteiger partial charge in [-0.15, -0.1) is 0 Å². The second kappa shape index (κ2) is 4.52. The molecule has 2 fully saturated rings. The van der Waals surface area contributed by atoms with Crippen LogP contribution >= 0.6 is 0 Å². The van der Waals surface area contributed by atoms with Gasteiger partial charge in [0.1, 0.15) is 0 Å². The Morgan fingerprint density at radius 3 is 2.60 bits per heavy atom. The first-order chi connectivity index (χ1) is 7.22. The van der Waals surface area contributed by atoms with Gasteiger partial charge in [0.15, 0.2) is 0 Å². The van der Waals surface area contributed by atoms with E-state index >= 15 is 0 Å². The molecular weight excluding hydrogens is 188 g/mol. The molecule has 0 bridgehead atoms. The van der Waals surface area contributed by atoms with Crippen molar-refractivity contribution in [1.29, 1.82) is 0 Å². The molecular formula is C12H22N2O. The normalized spacial score (nSPS) is 29.3. The third-order valence-electron chi connectivity index (χ3n) is 4.23. The lowest BCUT2D eigenvalue weighted by Gasteiger charge is -2.37. The SMILES string of the molecule is CN1CC(C(CCN)C2CCC2)CC1=O. The largest absolute Gasteiger partial charge is 0.345 e. The highest BCUT2D eigenvalue weighted by atomic mass is 16.2. The number of amides is 1. The van der Waals surface area contributed by atoms with Gasteiger partial charge in [0.2, 0.25) is 5.91 Å². The molecule has 0 aromatic heterocycles. The maximum atomic E-state index is 11.5. The summed E-state index contributed by atoms with van der Waals surface area (Å²) in [6.07, 6.45) is 5.97. The van der Waals surface area contributed by atoms with Crippen molar-refractivity contribution in [3.63, 3.8) is 0 Å². The molecule has 0 aromatic rings. The average molecular weight is 210 g/mol. The van der Waals surface area contributed by atoms with Crippen LogP contribution in [0.25, 0.3) is 0 Å². The van der Waals surface area contributed by atoms with Crippen LogP contribution in [-0.4, -0.2) is 30.9 Å². The molecule has 1 saturated heterocycles. The quantitative estimate of drug-likeness (QED) is 0.758. The van der Waals surface area contributed by atoms with E-state index in [0.29, 0.717) is 17.7 Å². The number of nitrogens with zero attached hydrogens (tertiary/aromatic N) is 1. The molecule has 3 heteroatoms. The highest BCUT2D eigenvalue weighted by Crippen LogP contribution is 2.41. The van der Waals surface area contributed by atoms with Crippen molar-refractivity contribution in [3.05, 3.63) is 0 Å². The van der Waals surface area contributed by atoms with E-state index in [1.165, 1.54) is 19.3 Å². The van der Waals surface area contributed by atoms with Crippen LogP contribution in [0.3, 0.4) is 0 Å². The lowest BCUT2D eigenvalue weighted by molar-refractivity contribution is -0.126. The molecule has 2 rings (SSSR count). The Bertz CT molecular complexity index is 238. The molecule has 2 N–H and O–H groups in total. The number of carbonyl (C=O) groups excluding carboxylic acids is 1. The van der Waals surface area contributed by atoms with Crippen LogP contribution in [0.4, 0.5) is 0 Å². The summed E-state index contributed by atoms with van der Waals surface area (Å²) in [5.74, 6) is 2.47. The number of rotatable bonds is 4. The van der Waals surface area contributed by atoms with E-state index in [1.807, 2.05) is 11.9 Å². The number of nitrogens with two attached hydrogens (primary N) is 1. The van der Waals surface area contributed by atoms with Crippen molar-refractivity contribution in [2.24, 2.45) is 23.5 Å². The molecule has 0 spiro atoms. The third-order valence-corrected chi connectivity index (χ3v) is 4.23. The molecule has 2 aliphatic rings. The summed E-state index contributed by atoms with van der Waals surface area (Å²) in [5, 5.41) is 0. The van der Waals surface area contributed by atoms with Gasteiger partial charge in [-0.2, -0.15) is 0 Å². The summed E-state index contributed by atoms with van der Waals surface area (Å²) in [5.41, 5.74) is 5.68. The maximum absolute atomic E-state index is 11.5. The standard InChI is InChI=1S/C12H22N2O/c1-14-8-10(7-12(14)15)11(5-6-13)9-3-2-4-9/h9-11H,2-8,13H2,1H3. The highest BCUT2D eigenvalue weighted by Gasteiger charge is 2.38. The zero-order valence-corrected chi connectivity index (χ0v) is 9.61. The molecule has 2 atom stereocenters. The molecule has 0 aromatic carbocycles. The van der Waals surface area contributed by atoms with Crippen LogP contribution < -0.4 is 5.73 Å². The van der Waals surface area contributed by atoms with Crippen LogP contribution in [0, 0.1) is 17.8 Å². The molecule has 2 unspecified atom stereocenters. The summed E-state index contributed by atoms with van der Waals surface area (Å²) < 4.78 is 0. The van der Waals surface area contributed by atoms with E-state index in [0.717, 1.165) is 31.8 Å². The molecule has 1 saturated carbocycles. The molecule has 1 aliphatic heterocycles. The van der Waals surface area contributed by atoms with Crippen LogP contribution in [0.2, 0.25) is 0 Å². The van der Waals surface area contributed by atoms with Gasteiger partial charge in [0, 0.05) is 20.0 Å². The van der Waals surface area contributed by atoms with E-state index in [1.54, 1.807) is 0 Å². The van der Waals surface area contributed by atoms with E-state index in [-0.39, 0.29) is 0 Å². The zero-order valence-electron chi connectivity index (χ0n) is 9.61. The first-order valence-electron chi connectivity index (χ1n) is 6.16. The molecule has 1 aliphatic carbocycles. The Hall–Kier alpha value is -0.570. The van der Waals surface area contributed by atoms with Crippen molar-refractivity contribution in [1.82, 2.24) is 4.90 Å². The van der Waals surface area contributed by atoms with Gasteiger partial charge in [-0.05, 0) is 30.7 Å². The number of likely N-dealkylation sites (tertiary alicyclic amines) is 1. The lowest BCUT2D eigenvalue weighted by atomic mass is 9.69. The van der Waals surface area contributed by atoms with Gasteiger partial charge >= 0.3 is 0 Å². The van der Waals surface area contributed by atoms with Crippen LogP contribution in [0.5, 0.6) is 0 Å². The van der Waals surface area contributed by atoms with Crippen LogP contribution in [0.15, 0.2) is 0 Å². The van der Waals surface area contributed by atoms with Crippen LogP contribution in [-0.2, 0) is 4.79 Å². The first-order valence-corrected chi connectivity index (χ1v) is 6.16. The third kappa shape index (κ3) is 2.17. The van der Waals surface area contributed by atoms with Crippen molar-refractivity contribution >= 4 is 5.91 Å². The zero-order chi connectivity index (χ0) is 10.8. The van der Waals surface area contributed by atoms with Crippen molar-refractivity contribution in [2.45, 2.75) is 32.1 Å². The van der Waals surface area contributed by atoms with E-state index < -0.39 is 0 Å². The summed E-state index contributed by atoms with van der Waals surface area (Å²) in [7, 11) is 1.92. The topological polar surface area (TPSA) is 46.3 Å². The first kappa shape index (κ1) is 10.9. The summed E-state index contributed by atoms with van der Waals surface area (Å²) in [6.45, 7) is 1.73. The molecule has 3 nitrogen and oxygen atoms in total.